The van der Waals surface area contributed by atoms with Gasteiger partial charge in [0.05, 0.1) is 17.7 Å². The smallest absolute Gasteiger partial charge is 0.255 e. The molecule has 2 aromatic rings. The van der Waals surface area contributed by atoms with Gasteiger partial charge < -0.3 is 14.8 Å². The number of nitrogens with one attached hydrogen (secondary N) is 1. The zero-order chi connectivity index (χ0) is 19.2. The van der Waals surface area contributed by atoms with Gasteiger partial charge in [-0.2, -0.15) is 5.26 Å². The molecule has 2 fully saturated rings. The summed E-state index contributed by atoms with van der Waals surface area (Å²) in [5.74, 6) is 0.283. The third-order valence-corrected chi connectivity index (χ3v) is 5.27. The largest absolute Gasteiger partial charge is 0.490 e. The predicted octanol–water partition coefficient (Wildman–Crippen LogP) is 2.89. The second-order valence-electron chi connectivity index (χ2n) is 7.43. The van der Waals surface area contributed by atoms with Crippen LogP contribution < -0.4 is 14.8 Å². The first-order valence-corrected chi connectivity index (χ1v) is 9.01. The number of nitriles is 1. The standard InChI is InChI=1S/C20H20FN3O3/c1-11(2)27-15-8-14-12(7-13(15)9-22)3-6-23-19(14)26-10-16-20(4-5-20)17(21)18(25)24-16/h3,6-8,11,16-17H,4-5,10H2,1-2H3,(H,24,25). The van der Waals surface area contributed by atoms with E-state index in [1.807, 2.05) is 13.8 Å². The zero-order valence-electron chi connectivity index (χ0n) is 15.2. The van der Waals surface area contributed by atoms with Crippen LogP contribution in [0.1, 0.15) is 32.3 Å². The van der Waals surface area contributed by atoms with Crippen molar-refractivity contribution in [2.75, 3.05) is 6.61 Å². The molecule has 1 spiro atoms. The van der Waals surface area contributed by atoms with Crippen LogP contribution in [0.2, 0.25) is 0 Å². The Hall–Kier alpha value is -2.88. The van der Waals surface area contributed by atoms with E-state index in [0.717, 1.165) is 5.39 Å². The van der Waals surface area contributed by atoms with Crippen molar-refractivity contribution in [3.8, 4) is 17.7 Å². The van der Waals surface area contributed by atoms with E-state index >= 15 is 0 Å². The van der Waals surface area contributed by atoms with Gasteiger partial charge in [-0.15, -0.1) is 0 Å². The molecule has 6 nitrogen and oxygen atoms in total. The van der Waals surface area contributed by atoms with Crippen molar-refractivity contribution < 1.29 is 18.7 Å². The molecule has 1 amide bonds. The third-order valence-electron chi connectivity index (χ3n) is 5.27. The Morgan fingerprint density at radius 1 is 1.44 bits per heavy atom. The lowest BCUT2D eigenvalue weighted by molar-refractivity contribution is -0.124. The van der Waals surface area contributed by atoms with Crippen LogP contribution in [-0.2, 0) is 4.79 Å². The SMILES string of the molecule is CC(C)Oc1cc2c(OCC3NC(=O)C(F)C34CC4)nccc2cc1C#N. The number of halogens is 1. The Bertz CT molecular complexity index is 949. The molecule has 1 N–H and O–H groups in total. The lowest BCUT2D eigenvalue weighted by Gasteiger charge is -2.19. The van der Waals surface area contributed by atoms with Gasteiger partial charge in [0.2, 0.25) is 5.88 Å². The summed E-state index contributed by atoms with van der Waals surface area (Å²) in [7, 11) is 0. The first-order valence-electron chi connectivity index (χ1n) is 9.01. The van der Waals surface area contributed by atoms with E-state index in [9.17, 15) is 14.4 Å². The maximum Gasteiger partial charge on any atom is 0.255 e. The lowest BCUT2D eigenvalue weighted by Crippen LogP contribution is -2.36. The number of hydrogen-bond acceptors (Lipinski definition) is 5. The molecule has 2 heterocycles. The minimum Gasteiger partial charge on any atom is -0.490 e. The molecule has 2 aliphatic rings. The molecule has 7 heteroatoms. The fraction of sp³-hybridized carbons (Fsp3) is 0.450. The molecular formula is C20H20FN3O3. The Morgan fingerprint density at radius 2 is 2.22 bits per heavy atom. The van der Waals surface area contributed by atoms with Crippen molar-refractivity contribution >= 4 is 16.7 Å². The van der Waals surface area contributed by atoms with Crippen molar-refractivity contribution in [2.45, 2.75) is 45.0 Å². The summed E-state index contributed by atoms with van der Waals surface area (Å²) in [6.07, 6.45) is 1.42. The van der Waals surface area contributed by atoms with Crippen LogP contribution in [0.5, 0.6) is 11.6 Å². The molecule has 1 aliphatic carbocycles. The number of fused-ring (bicyclic) bond motifs is 1. The van der Waals surface area contributed by atoms with Gasteiger partial charge in [-0.25, -0.2) is 9.37 Å². The number of benzene rings is 1. The quantitative estimate of drug-likeness (QED) is 0.876. The Balaban J connectivity index is 1.62. The summed E-state index contributed by atoms with van der Waals surface area (Å²) < 4.78 is 25.7. The number of ether oxygens (including phenoxy) is 2. The Morgan fingerprint density at radius 3 is 2.89 bits per heavy atom. The average molecular weight is 369 g/mol. The summed E-state index contributed by atoms with van der Waals surface area (Å²) in [6.45, 7) is 3.92. The normalized spacial score (nSPS) is 22.7. The number of carbonyl (C=O) groups excluding carboxylic acids is 1. The highest BCUT2D eigenvalue weighted by molar-refractivity contribution is 5.90. The minimum atomic E-state index is -1.46. The molecule has 1 saturated carbocycles. The molecule has 1 saturated heterocycles. The predicted molar refractivity (Wildman–Crippen MR) is 96.2 cm³/mol. The first-order chi connectivity index (χ1) is 12.9. The number of carbonyl (C=O) groups is 1. The minimum absolute atomic E-state index is 0.0829. The van der Waals surface area contributed by atoms with Gasteiger partial charge in [0.15, 0.2) is 6.17 Å². The van der Waals surface area contributed by atoms with Crippen molar-refractivity contribution in [3.05, 3.63) is 30.0 Å². The summed E-state index contributed by atoms with van der Waals surface area (Å²) in [5.41, 5.74) is -0.185. The fourth-order valence-corrected chi connectivity index (χ4v) is 3.67. The van der Waals surface area contributed by atoms with Gasteiger partial charge >= 0.3 is 0 Å². The van der Waals surface area contributed by atoms with Gasteiger partial charge in [0.25, 0.3) is 5.91 Å². The summed E-state index contributed by atoms with van der Waals surface area (Å²) >= 11 is 0. The van der Waals surface area contributed by atoms with Crippen molar-refractivity contribution in [3.63, 3.8) is 0 Å². The van der Waals surface area contributed by atoms with Crippen LogP contribution in [0, 0.1) is 16.7 Å². The van der Waals surface area contributed by atoms with E-state index in [4.69, 9.17) is 9.47 Å². The number of nitrogens with zero attached hydrogens (tertiary/aromatic N) is 2. The monoisotopic (exact) mass is 369 g/mol. The number of rotatable bonds is 5. The molecule has 140 valence electrons. The van der Waals surface area contributed by atoms with Crippen molar-refractivity contribution in [2.24, 2.45) is 5.41 Å². The number of amides is 1. The molecule has 1 aliphatic heterocycles. The number of aromatic nitrogens is 1. The van der Waals surface area contributed by atoms with E-state index in [-0.39, 0.29) is 18.8 Å². The molecule has 1 aromatic heterocycles. The van der Waals surface area contributed by atoms with Crippen LogP contribution >= 0.6 is 0 Å². The summed E-state index contributed by atoms with van der Waals surface area (Å²) in [5, 5.41) is 13.6. The Labute approximate surface area is 156 Å². The van der Waals surface area contributed by atoms with E-state index in [1.165, 1.54) is 0 Å². The highest BCUT2D eigenvalue weighted by Crippen LogP contribution is 2.55. The summed E-state index contributed by atoms with van der Waals surface area (Å²) in [4.78, 5) is 16.0. The molecule has 4 rings (SSSR count). The van der Waals surface area contributed by atoms with Crippen LogP contribution in [0.25, 0.3) is 10.8 Å². The lowest BCUT2D eigenvalue weighted by atomic mass is 9.96. The molecule has 2 unspecified atom stereocenters. The van der Waals surface area contributed by atoms with E-state index in [1.54, 1.807) is 24.4 Å². The van der Waals surface area contributed by atoms with Gasteiger partial charge in [0.1, 0.15) is 18.4 Å². The van der Waals surface area contributed by atoms with Crippen molar-refractivity contribution in [1.82, 2.24) is 10.3 Å². The van der Waals surface area contributed by atoms with Gasteiger partial charge in [0, 0.05) is 17.0 Å². The van der Waals surface area contributed by atoms with E-state index < -0.39 is 17.5 Å². The van der Waals surface area contributed by atoms with E-state index in [0.29, 0.717) is 35.4 Å². The highest BCUT2D eigenvalue weighted by atomic mass is 19.1. The maximum absolute atomic E-state index is 14.1. The molecule has 2 atom stereocenters. The average Bonchev–Trinajstić information content (AvgIpc) is 3.41. The van der Waals surface area contributed by atoms with Crippen LogP contribution in [0.4, 0.5) is 4.39 Å². The summed E-state index contributed by atoms with van der Waals surface area (Å²) in [6, 6.07) is 7.05. The topological polar surface area (TPSA) is 84.2 Å². The molecule has 0 radical (unpaired) electrons. The number of pyridine rings is 1. The molecular weight excluding hydrogens is 349 g/mol. The van der Waals surface area contributed by atoms with Gasteiger partial charge in [-0.3, -0.25) is 4.79 Å². The molecule has 1 aromatic carbocycles. The van der Waals surface area contributed by atoms with Crippen LogP contribution in [0.3, 0.4) is 0 Å². The van der Waals surface area contributed by atoms with Crippen LogP contribution in [-0.4, -0.2) is 35.8 Å². The Kier molecular flexibility index (Phi) is 4.14. The number of alkyl halides is 1. The zero-order valence-corrected chi connectivity index (χ0v) is 15.2. The second-order valence-corrected chi connectivity index (χ2v) is 7.43. The van der Waals surface area contributed by atoms with Gasteiger partial charge in [-0.1, -0.05) is 0 Å². The fourth-order valence-electron chi connectivity index (χ4n) is 3.67. The molecule has 0 bridgehead atoms. The first kappa shape index (κ1) is 17.5. The van der Waals surface area contributed by atoms with Crippen LogP contribution in [0.15, 0.2) is 24.4 Å². The maximum atomic E-state index is 14.1. The van der Waals surface area contributed by atoms with Crippen molar-refractivity contribution in [1.29, 1.82) is 5.26 Å². The van der Waals surface area contributed by atoms with Gasteiger partial charge in [-0.05, 0) is 50.3 Å². The van der Waals surface area contributed by atoms with E-state index in [2.05, 4.69) is 16.4 Å². The molecule has 27 heavy (non-hydrogen) atoms. The third kappa shape index (κ3) is 2.95. The number of hydrogen-bond donors (Lipinski definition) is 1. The highest BCUT2D eigenvalue weighted by Gasteiger charge is 2.63. The second kappa shape index (κ2) is 6.38.